The Kier molecular flexibility index (Phi) is 3.80. The summed E-state index contributed by atoms with van der Waals surface area (Å²) in [4.78, 5) is 0. The maximum atomic E-state index is 11.7. The largest absolute Gasteiger partial charge is 0.496 e. The molecule has 16 heavy (non-hydrogen) atoms. The molecule has 0 aliphatic carbocycles. The fourth-order valence-electron chi connectivity index (χ4n) is 1.22. The second-order valence-corrected chi connectivity index (χ2v) is 6.07. The summed E-state index contributed by atoms with van der Waals surface area (Å²) in [5, 5.41) is -0.460. The molecule has 0 bridgehead atoms. The summed E-state index contributed by atoms with van der Waals surface area (Å²) in [5.41, 5.74) is 1.35. The Balaban J connectivity index is 3.08. The predicted molar refractivity (Wildman–Crippen MR) is 65.4 cm³/mol. The Bertz CT molecular complexity index is 466. The van der Waals surface area contributed by atoms with E-state index >= 15 is 0 Å². The Morgan fingerprint density at radius 2 is 1.94 bits per heavy atom. The zero-order valence-electron chi connectivity index (χ0n) is 9.94. The number of rotatable bonds is 4. The highest BCUT2D eigenvalue weighted by Gasteiger charge is 2.17. The molecule has 0 saturated carbocycles. The average molecular weight is 243 g/mol. The van der Waals surface area contributed by atoms with Crippen molar-refractivity contribution in [3.63, 3.8) is 0 Å². The van der Waals surface area contributed by atoms with E-state index in [1.165, 1.54) is 0 Å². The van der Waals surface area contributed by atoms with Crippen molar-refractivity contribution in [3.8, 4) is 5.75 Å². The number of nitrogens with one attached hydrogen (secondary N) is 1. The van der Waals surface area contributed by atoms with Crippen molar-refractivity contribution < 1.29 is 13.2 Å². The molecular weight excluding hydrogens is 226 g/mol. The minimum atomic E-state index is -3.30. The van der Waals surface area contributed by atoms with E-state index in [9.17, 15) is 8.42 Å². The minimum absolute atomic E-state index is 0.460. The summed E-state index contributed by atoms with van der Waals surface area (Å²) >= 11 is 0. The van der Waals surface area contributed by atoms with Gasteiger partial charge >= 0.3 is 0 Å². The summed E-state index contributed by atoms with van der Waals surface area (Å²) in [7, 11) is -1.75. The lowest BCUT2D eigenvalue weighted by Crippen LogP contribution is -2.22. The van der Waals surface area contributed by atoms with Crippen molar-refractivity contribution in [1.82, 2.24) is 0 Å². The smallest absolute Gasteiger partial charge is 0.235 e. The van der Waals surface area contributed by atoms with Gasteiger partial charge in [0.25, 0.3) is 0 Å². The summed E-state index contributed by atoms with van der Waals surface area (Å²) in [5.74, 6) is 0.670. The normalized spacial score (nSPS) is 11.6. The standard InChI is InChI=1S/C11H17NO3S/c1-8(2)16(13,14)12-10-6-5-7-11(15-4)9(10)3/h5-8,12H,1-4H3. The lowest BCUT2D eigenvalue weighted by Gasteiger charge is -2.14. The van der Waals surface area contributed by atoms with E-state index in [0.717, 1.165) is 5.56 Å². The van der Waals surface area contributed by atoms with Crippen molar-refractivity contribution in [2.75, 3.05) is 11.8 Å². The predicted octanol–water partition coefficient (Wildman–Crippen LogP) is 2.15. The van der Waals surface area contributed by atoms with Crippen LogP contribution in [0.2, 0.25) is 0 Å². The van der Waals surface area contributed by atoms with Gasteiger partial charge in [0.2, 0.25) is 10.0 Å². The van der Waals surface area contributed by atoms with Crippen molar-refractivity contribution in [3.05, 3.63) is 23.8 Å². The molecule has 1 rings (SSSR count). The Labute approximate surface area is 96.7 Å². The van der Waals surface area contributed by atoms with E-state index in [4.69, 9.17) is 4.74 Å². The first-order chi connectivity index (χ1) is 7.38. The van der Waals surface area contributed by atoms with Gasteiger partial charge in [-0.2, -0.15) is 0 Å². The van der Waals surface area contributed by atoms with Gasteiger partial charge in [-0.1, -0.05) is 6.07 Å². The Morgan fingerprint density at radius 1 is 1.31 bits per heavy atom. The zero-order valence-corrected chi connectivity index (χ0v) is 10.8. The summed E-state index contributed by atoms with van der Waals surface area (Å²) in [6.07, 6.45) is 0. The van der Waals surface area contributed by atoms with Gasteiger partial charge in [0, 0.05) is 5.56 Å². The third-order valence-corrected chi connectivity index (χ3v) is 4.12. The van der Waals surface area contributed by atoms with Crippen LogP contribution in [0.25, 0.3) is 0 Å². The van der Waals surface area contributed by atoms with Crippen LogP contribution in [-0.2, 0) is 10.0 Å². The molecule has 0 aromatic heterocycles. The Morgan fingerprint density at radius 3 is 2.44 bits per heavy atom. The second-order valence-electron chi connectivity index (χ2n) is 3.83. The quantitative estimate of drug-likeness (QED) is 0.881. The highest BCUT2D eigenvalue weighted by atomic mass is 32.2. The van der Waals surface area contributed by atoms with Crippen LogP contribution in [0.1, 0.15) is 19.4 Å². The van der Waals surface area contributed by atoms with Crippen LogP contribution in [0, 0.1) is 6.92 Å². The van der Waals surface area contributed by atoms with Crippen LogP contribution < -0.4 is 9.46 Å². The van der Waals surface area contributed by atoms with Gasteiger partial charge in [-0.15, -0.1) is 0 Å². The molecule has 0 radical (unpaired) electrons. The molecule has 1 aromatic carbocycles. The number of hydrogen-bond acceptors (Lipinski definition) is 3. The molecule has 5 heteroatoms. The first kappa shape index (κ1) is 12.8. The van der Waals surface area contributed by atoms with E-state index in [0.29, 0.717) is 11.4 Å². The first-order valence-corrected chi connectivity index (χ1v) is 6.58. The molecule has 0 atom stereocenters. The number of methoxy groups -OCH3 is 1. The van der Waals surface area contributed by atoms with E-state index in [1.54, 1.807) is 39.2 Å². The van der Waals surface area contributed by atoms with Crippen LogP contribution >= 0.6 is 0 Å². The van der Waals surface area contributed by atoms with Crippen molar-refractivity contribution in [1.29, 1.82) is 0 Å². The van der Waals surface area contributed by atoms with Gasteiger partial charge < -0.3 is 4.74 Å². The number of sulfonamides is 1. The molecular formula is C11H17NO3S. The maximum absolute atomic E-state index is 11.7. The zero-order chi connectivity index (χ0) is 12.3. The molecule has 1 N–H and O–H groups in total. The summed E-state index contributed by atoms with van der Waals surface area (Å²) < 4.78 is 31.1. The molecule has 0 heterocycles. The summed E-state index contributed by atoms with van der Waals surface area (Å²) in [6, 6.07) is 5.27. The van der Waals surface area contributed by atoms with Gasteiger partial charge in [-0.25, -0.2) is 8.42 Å². The van der Waals surface area contributed by atoms with Crippen LogP contribution in [0.3, 0.4) is 0 Å². The van der Waals surface area contributed by atoms with Gasteiger partial charge in [-0.05, 0) is 32.9 Å². The van der Waals surface area contributed by atoms with Crippen LogP contribution in [-0.4, -0.2) is 20.8 Å². The van der Waals surface area contributed by atoms with E-state index in [-0.39, 0.29) is 0 Å². The molecule has 1 aromatic rings. The number of benzene rings is 1. The maximum Gasteiger partial charge on any atom is 0.235 e. The van der Waals surface area contributed by atoms with Crippen LogP contribution in [0.4, 0.5) is 5.69 Å². The van der Waals surface area contributed by atoms with Crippen molar-refractivity contribution in [2.24, 2.45) is 0 Å². The molecule has 0 saturated heterocycles. The van der Waals surface area contributed by atoms with Crippen LogP contribution in [0.15, 0.2) is 18.2 Å². The van der Waals surface area contributed by atoms with Crippen LogP contribution in [0.5, 0.6) is 5.75 Å². The average Bonchev–Trinajstić information content (AvgIpc) is 2.20. The molecule has 90 valence electrons. The topological polar surface area (TPSA) is 55.4 Å². The SMILES string of the molecule is COc1cccc(NS(=O)(=O)C(C)C)c1C. The molecule has 0 amide bonds. The lowest BCUT2D eigenvalue weighted by atomic mass is 10.2. The molecule has 0 spiro atoms. The van der Waals surface area contributed by atoms with E-state index in [1.807, 2.05) is 6.92 Å². The molecule has 0 aliphatic rings. The number of anilines is 1. The van der Waals surface area contributed by atoms with Crippen molar-refractivity contribution in [2.45, 2.75) is 26.0 Å². The highest BCUT2D eigenvalue weighted by Crippen LogP contribution is 2.26. The number of ether oxygens (including phenoxy) is 1. The second kappa shape index (κ2) is 4.74. The monoisotopic (exact) mass is 243 g/mol. The van der Waals surface area contributed by atoms with E-state index < -0.39 is 15.3 Å². The molecule has 4 nitrogen and oxygen atoms in total. The highest BCUT2D eigenvalue weighted by molar-refractivity contribution is 7.93. The van der Waals surface area contributed by atoms with Gasteiger partial charge in [0.1, 0.15) is 5.75 Å². The number of hydrogen-bond donors (Lipinski definition) is 1. The summed E-state index contributed by atoms with van der Waals surface area (Å²) in [6.45, 7) is 5.09. The first-order valence-electron chi connectivity index (χ1n) is 5.03. The van der Waals surface area contributed by atoms with Gasteiger partial charge in [-0.3, -0.25) is 4.72 Å². The van der Waals surface area contributed by atoms with Gasteiger partial charge in [0.15, 0.2) is 0 Å². The lowest BCUT2D eigenvalue weighted by molar-refractivity contribution is 0.412. The molecule has 0 aliphatic heterocycles. The fourth-order valence-corrected chi connectivity index (χ4v) is 1.98. The molecule has 0 unspecified atom stereocenters. The molecule has 0 fully saturated rings. The van der Waals surface area contributed by atoms with Crippen molar-refractivity contribution >= 4 is 15.7 Å². The third kappa shape index (κ3) is 2.66. The third-order valence-electron chi connectivity index (χ3n) is 2.38. The Hall–Kier alpha value is -1.23. The minimum Gasteiger partial charge on any atom is -0.496 e. The van der Waals surface area contributed by atoms with Gasteiger partial charge in [0.05, 0.1) is 18.0 Å². The fraction of sp³-hybridized carbons (Fsp3) is 0.455. The van der Waals surface area contributed by atoms with E-state index in [2.05, 4.69) is 4.72 Å².